The maximum Gasteiger partial charge on any atom is 0.0956 e. The number of rotatable bonds is 1. The monoisotopic (exact) mass is 277 g/mol. The van der Waals surface area contributed by atoms with Crippen molar-refractivity contribution in [3.8, 4) is 11.3 Å². The van der Waals surface area contributed by atoms with Crippen molar-refractivity contribution in [2.24, 2.45) is 0 Å². The zero-order valence-corrected chi connectivity index (χ0v) is 10.3. The molecule has 82 valence electrons. The van der Waals surface area contributed by atoms with E-state index in [1.165, 1.54) is 16.8 Å². The highest BCUT2D eigenvalue weighted by Gasteiger charge is 2.17. The predicted octanol–water partition coefficient (Wildman–Crippen LogP) is 2.48. The maximum absolute atomic E-state index is 4.42. The molecular weight excluding hydrogens is 266 g/mol. The Balaban J connectivity index is 2.06. The summed E-state index contributed by atoms with van der Waals surface area (Å²) in [6, 6.07) is 8.31. The first-order chi connectivity index (χ1) is 7.84. The Bertz CT molecular complexity index is 501. The molecule has 4 heteroatoms. The SMILES string of the molecule is Brc1ccc(-c2n[nH]c3c2CCNC3)cc1. The van der Waals surface area contributed by atoms with E-state index >= 15 is 0 Å². The van der Waals surface area contributed by atoms with Crippen LogP contribution >= 0.6 is 15.9 Å². The Hall–Kier alpha value is -1.13. The fourth-order valence-corrected chi connectivity index (χ4v) is 2.35. The van der Waals surface area contributed by atoms with Crippen molar-refractivity contribution in [2.45, 2.75) is 13.0 Å². The lowest BCUT2D eigenvalue weighted by molar-refractivity contribution is 0.633. The third-order valence-electron chi connectivity index (χ3n) is 2.92. The minimum atomic E-state index is 0.902. The zero-order chi connectivity index (χ0) is 11.0. The first-order valence-electron chi connectivity index (χ1n) is 5.37. The van der Waals surface area contributed by atoms with Gasteiger partial charge >= 0.3 is 0 Å². The summed E-state index contributed by atoms with van der Waals surface area (Å²) in [4.78, 5) is 0. The fraction of sp³-hybridized carbons (Fsp3) is 0.250. The van der Waals surface area contributed by atoms with Crippen molar-refractivity contribution in [2.75, 3.05) is 6.54 Å². The van der Waals surface area contributed by atoms with Crippen LogP contribution in [0.2, 0.25) is 0 Å². The van der Waals surface area contributed by atoms with Gasteiger partial charge in [0, 0.05) is 22.1 Å². The number of nitrogens with one attached hydrogen (secondary N) is 2. The number of benzene rings is 1. The Labute approximate surface area is 102 Å². The van der Waals surface area contributed by atoms with Crippen molar-refractivity contribution >= 4 is 15.9 Å². The highest BCUT2D eigenvalue weighted by molar-refractivity contribution is 9.10. The largest absolute Gasteiger partial charge is 0.311 e. The molecule has 1 aliphatic heterocycles. The van der Waals surface area contributed by atoms with Crippen LogP contribution in [0.25, 0.3) is 11.3 Å². The summed E-state index contributed by atoms with van der Waals surface area (Å²) in [7, 11) is 0. The molecule has 1 aromatic heterocycles. The molecule has 1 aromatic carbocycles. The number of nitrogens with zero attached hydrogens (tertiary/aromatic N) is 1. The number of hydrogen-bond acceptors (Lipinski definition) is 2. The van der Waals surface area contributed by atoms with E-state index in [2.05, 4.69) is 55.7 Å². The average molecular weight is 278 g/mol. The highest BCUT2D eigenvalue weighted by atomic mass is 79.9. The van der Waals surface area contributed by atoms with Gasteiger partial charge < -0.3 is 5.32 Å². The average Bonchev–Trinajstić information content (AvgIpc) is 2.74. The number of aromatic nitrogens is 2. The normalized spacial score (nSPS) is 14.8. The lowest BCUT2D eigenvalue weighted by Gasteiger charge is -2.12. The van der Waals surface area contributed by atoms with E-state index in [1.807, 2.05) is 0 Å². The molecule has 0 unspecified atom stereocenters. The second-order valence-electron chi connectivity index (χ2n) is 3.96. The summed E-state index contributed by atoms with van der Waals surface area (Å²) in [5, 5.41) is 10.9. The third-order valence-corrected chi connectivity index (χ3v) is 3.45. The molecule has 0 atom stereocenters. The molecule has 3 rings (SSSR count). The van der Waals surface area contributed by atoms with Gasteiger partial charge in [0.15, 0.2) is 0 Å². The van der Waals surface area contributed by atoms with E-state index in [0.717, 1.165) is 29.7 Å². The first-order valence-corrected chi connectivity index (χ1v) is 6.16. The second-order valence-corrected chi connectivity index (χ2v) is 4.88. The number of H-pyrrole nitrogens is 1. The minimum Gasteiger partial charge on any atom is -0.311 e. The van der Waals surface area contributed by atoms with Crippen molar-refractivity contribution in [1.82, 2.24) is 15.5 Å². The van der Waals surface area contributed by atoms with E-state index in [-0.39, 0.29) is 0 Å². The predicted molar refractivity (Wildman–Crippen MR) is 67.1 cm³/mol. The molecule has 16 heavy (non-hydrogen) atoms. The summed E-state index contributed by atoms with van der Waals surface area (Å²) in [6.07, 6.45) is 1.05. The van der Waals surface area contributed by atoms with Crippen molar-refractivity contribution < 1.29 is 0 Å². The smallest absolute Gasteiger partial charge is 0.0956 e. The number of fused-ring (bicyclic) bond motifs is 1. The molecule has 0 spiro atoms. The van der Waals surface area contributed by atoms with Crippen molar-refractivity contribution in [1.29, 1.82) is 0 Å². The van der Waals surface area contributed by atoms with Crippen LogP contribution in [0, 0.1) is 0 Å². The summed E-state index contributed by atoms with van der Waals surface area (Å²) < 4.78 is 1.10. The van der Waals surface area contributed by atoms with Crippen LogP contribution in [0.1, 0.15) is 11.3 Å². The molecule has 0 bridgehead atoms. The molecule has 2 aromatic rings. The van der Waals surface area contributed by atoms with Gasteiger partial charge in [-0.2, -0.15) is 5.10 Å². The van der Waals surface area contributed by atoms with Gasteiger partial charge in [0.05, 0.1) is 11.4 Å². The standard InChI is InChI=1S/C12H12BrN3/c13-9-3-1-8(2-4-9)12-10-5-6-14-7-11(10)15-16-12/h1-4,14H,5-7H2,(H,15,16). The molecule has 0 fully saturated rings. The Morgan fingerprint density at radius 2 is 2.00 bits per heavy atom. The third kappa shape index (κ3) is 1.68. The number of hydrogen-bond donors (Lipinski definition) is 2. The molecular formula is C12H12BrN3. The van der Waals surface area contributed by atoms with Gasteiger partial charge in [0.1, 0.15) is 0 Å². The summed E-state index contributed by atoms with van der Waals surface area (Å²) >= 11 is 3.45. The van der Waals surface area contributed by atoms with Crippen LogP contribution in [0.5, 0.6) is 0 Å². The Kier molecular flexibility index (Phi) is 2.53. The molecule has 1 aliphatic rings. The van der Waals surface area contributed by atoms with Gasteiger partial charge in [0.2, 0.25) is 0 Å². The van der Waals surface area contributed by atoms with E-state index < -0.39 is 0 Å². The molecule has 0 saturated carbocycles. The molecule has 3 nitrogen and oxygen atoms in total. The molecule has 0 aliphatic carbocycles. The first kappa shape index (κ1) is 10.1. The lowest BCUT2D eigenvalue weighted by atomic mass is 10.0. The van der Waals surface area contributed by atoms with Gasteiger partial charge in [0.25, 0.3) is 0 Å². The van der Waals surface area contributed by atoms with Crippen LogP contribution in [-0.2, 0) is 13.0 Å². The van der Waals surface area contributed by atoms with E-state index in [0.29, 0.717) is 0 Å². The van der Waals surface area contributed by atoms with Gasteiger partial charge in [-0.3, -0.25) is 5.10 Å². The van der Waals surface area contributed by atoms with Crippen LogP contribution in [0.3, 0.4) is 0 Å². The zero-order valence-electron chi connectivity index (χ0n) is 8.76. The van der Waals surface area contributed by atoms with Gasteiger partial charge in [-0.1, -0.05) is 28.1 Å². The van der Waals surface area contributed by atoms with Gasteiger partial charge in [-0.25, -0.2) is 0 Å². The Morgan fingerprint density at radius 3 is 2.81 bits per heavy atom. The molecule has 0 saturated heterocycles. The quantitative estimate of drug-likeness (QED) is 0.841. The molecule has 2 heterocycles. The van der Waals surface area contributed by atoms with E-state index in [9.17, 15) is 0 Å². The Morgan fingerprint density at radius 1 is 1.19 bits per heavy atom. The van der Waals surface area contributed by atoms with Gasteiger partial charge in [-0.15, -0.1) is 0 Å². The molecule has 0 amide bonds. The van der Waals surface area contributed by atoms with Crippen LogP contribution in [-0.4, -0.2) is 16.7 Å². The summed E-state index contributed by atoms with van der Waals surface area (Å²) in [5.41, 5.74) is 4.87. The van der Waals surface area contributed by atoms with E-state index in [1.54, 1.807) is 0 Å². The minimum absolute atomic E-state index is 0.902. The van der Waals surface area contributed by atoms with Crippen LogP contribution < -0.4 is 5.32 Å². The molecule has 2 N–H and O–H groups in total. The summed E-state index contributed by atoms with van der Waals surface area (Å²) in [5.74, 6) is 0. The second kappa shape index (κ2) is 4.03. The van der Waals surface area contributed by atoms with E-state index in [4.69, 9.17) is 0 Å². The van der Waals surface area contributed by atoms with Gasteiger partial charge in [-0.05, 0) is 25.1 Å². The maximum atomic E-state index is 4.42. The van der Waals surface area contributed by atoms with Crippen LogP contribution in [0.4, 0.5) is 0 Å². The summed E-state index contributed by atoms with van der Waals surface area (Å²) in [6.45, 7) is 1.94. The topological polar surface area (TPSA) is 40.7 Å². The fourth-order valence-electron chi connectivity index (χ4n) is 2.09. The van der Waals surface area contributed by atoms with Crippen LogP contribution in [0.15, 0.2) is 28.7 Å². The number of aromatic amines is 1. The van der Waals surface area contributed by atoms with Crippen molar-refractivity contribution in [3.63, 3.8) is 0 Å². The lowest BCUT2D eigenvalue weighted by Crippen LogP contribution is -2.23. The van der Waals surface area contributed by atoms with Crippen molar-refractivity contribution in [3.05, 3.63) is 40.0 Å². The molecule has 0 radical (unpaired) electrons. The number of halogens is 1. The highest BCUT2D eigenvalue weighted by Crippen LogP contribution is 2.26.